The van der Waals surface area contributed by atoms with E-state index in [4.69, 9.17) is 10.5 Å². The molecule has 1 unspecified atom stereocenters. The number of esters is 1. The van der Waals surface area contributed by atoms with Crippen LogP contribution in [0.1, 0.15) is 47.1 Å². The molecular formula is C25H38N2O3S. The van der Waals surface area contributed by atoms with Crippen LogP contribution < -0.4 is 11.1 Å². The lowest BCUT2D eigenvalue weighted by molar-refractivity contribution is -0.148. The van der Waals surface area contributed by atoms with Crippen LogP contribution in [-0.4, -0.2) is 34.5 Å². The first-order valence-corrected chi connectivity index (χ1v) is 11.4. The van der Waals surface area contributed by atoms with Gasteiger partial charge in [0.15, 0.2) is 0 Å². The molecule has 0 aliphatic rings. The molecule has 1 aromatic rings. The number of rotatable bonds is 9. The highest BCUT2D eigenvalue weighted by atomic mass is 32.2. The molecule has 1 aromatic carbocycles. The Morgan fingerprint density at radius 3 is 2.06 bits per heavy atom. The van der Waals surface area contributed by atoms with Crippen LogP contribution >= 0.6 is 11.8 Å². The Balaban J connectivity index is 0.000000954. The quantitative estimate of drug-likeness (QED) is 0.421. The van der Waals surface area contributed by atoms with E-state index in [9.17, 15) is 9.59 Å². The minimum absolute atomic E-state index is 0.0168. The Labute approximate surface area is 192 Å². The van der Waals surface area contributed by atoms with Crippen LogP contribution in [0.25, 0.3) is 0 Å². The summed E-state index contributed by atoms with van der Waals surface area (Å²) in [5.74, 6) is -0.365. The Hall–Kier alpha value is -2.31. The van der Waals surface area contributed by atoms with E-state index >= 15 is 0 Å². The molecule has 6 heteroatoms. The smallest absolute Gasteiger partial charge is 0.329 e. The van der Waals surface area contributed by atoms with E-state index in [1.54, 1.807) is 18.7 Å². The van der Waals surface area contributed by atoms with Gasteiger partial charge >= 0.3 is 5.97 Å². The lowest BCUT2D eigenvalue weighted by Gasteiger charge is -2.23. The molecule has 0 fully saturated rings. The topological polar surface area (TPSA) is 81.4 Å². The monoisotopic (exact) mass is 446 g/mol. The van der Waals surface area contributed by atoms with E-state index in [1.165, 1.54) is 0 Å². The van der Waals surface area contributed by atoms with Gasteiger partial charge in [0.1, 0.15) is 12.6 Å². The van der Waals surface area contributed by atoms with E-state index < -0.39 is 18.1 Å². The number of hydrogen-bond acceptors (Lipinski definition) is 5. The van der Waals surface area contributed by atoms with E-state index in [2.05, 4.69) is 26.1 Å². The van der Waals surface area contributed by atoms with E-state index in [1.807, 2.05) is 80.6 Å². The highest BCUT2D eigenvalue weighted by molar-refractivity contribution is 8.00. The van der Waals surface area contributed by atoms with Crippen molar-refractivity contribution in [2.45, 2.75) is 65.0 Å². The second kappa shape index (κ2) is 16.4. The predicted molar refractivity (Wildman–Crippen MR) is 133 cm³/mol. The van der Waals surface area contributed by atoms with Crippen molar-refractivity contribution in [1.82, 2.24) is 5.32 Å². The molecule has 2 atom stereocenters. The van der Waals surface area contributed by atoms with Crippen molar-refractivity contribution >= 4 is 23.6 Å². The molecular weight excluding hydrogens is 408 g/mol. The van der Waals surface area contributed by atoms with Crippen molar-refractivity contribution in [2.75, 3.05) is 5.75 Å². The van der Waals surface area contributed by atoms with Crippen LogP contribution in [0.2, 0.25) is 0 Å². The number of nitrogens with one attached hydrogen (secondary N) is 1. The molecule has 0 aliphatic carbocycles. The van der Waals surface area contributed by atoms with Crippen LogP contribution in [0.4, 0.5) is 0 Å². The maximum absolute atomic E-state index is 12.3. The van der Waals surface area contributed by atoms with Crippen LogP contribution in [0.3, 0.4) is 0 Å². The highest BCUT2D eigenvalue weighted by Crippen LogP contribution is 2.24. The molecule has 31 heavy (non-hydrogen) atoms. The number of nitrogens with two attached hydrogens (primary N) is 1. The summed E-state index contributed by atoms with van der Waals surface area (Å²) < 4.78 is 5.31. The van der Waals surface area contributed by atoms with Crippen molar-refractivity contribution in [1.29, 1.82) is 0 Å². The highest BCUT2D eigenvalue weighted by Gasteiger charge is 2.26. The van der Waals surface area contributed by atoms with Gasteiger partial charge in [-0.3, -0.25) is 4.79 Å². The summed E-state index contributed by atoms with van der Waals surface area (Å²) in [5, 5.41) is 2.67. The Kier molecular flexibility index (Phi) is 15.2. The van der Waals surface area contributed by atoms with Crippen molar-refractivity contribution in [3.8, 4) is 0 Å². The molecule has 0 bridgehead atoms. The lowest BCUT2D eigenvalue weighted by Crippen LogP contribution is -2.49. The van der Waals surface area contributed by atoms with Gasteiger partial charge in [0.2, 0.25) is 5.91 Å². The van der Waals surface area contributed by atoms with E-state index in [0.717, 1.165) is 5.56 Å². The molecule has 0 spiro atoms. The maximum atomic E-state index is 12.3. The number of allylic oxidation sites excluding steroid dienone is 6. The normalized spacial score (nSPS) is 13.6. The summed E-state index contributed by atoms with van der Waals surface area (Å²) in [6.45, 7) is 11.9. The Bertz CT molecular complexity index is 706. The van der Waals surface area contributed by atoms with Gasteiger partial charge < -0.3 is 15.8 Å². The summed E-state index contributed by atoms with van der Waals surface area (Å²) >= 11 is 1.59. The van der Waals surface area contributed by atoms with Crippen molar-refractivity contribution in [3.63, 3.8) is 0 Å². The molecule has 5 nitrogen and oxygen atoms in total. The molecule has 0 heterocycles. The van der Waals surface area contributed by atoms with Crippen LogP contribution in [0.5, 0.6) is 0 Å². The molecule has 1 rings (SSSR count). The molecule has 172 valence electrons. The SMILES string of the molecule is CC(N)C(=O)N[C@@H](CSC(C)(C)C)C(=O)OCc1ccccc1.C\C=C/C=C\C=C\C. The van der Waals surface area contributed by atoms with Crippen molar-refractivity contribution in [3.05, 3.63) is 72.4 Å². The van der Waals surface area contributed by atoms with Gasteiger partial charge in [0, 0.05) is 10.5 Å². The second-order valence-electron chi connectivity index (χ2n) is 7.80. The largest absolute Gasteiger partial charge is 0.459 e. The fourth-order valence-corrected chi connectivity index (χ4v) is 2.87. The third-order valence-electron chi connectivity index (χ3n) is 3.64. The van der Waals surface area contributed by atoms with Gasteiger partial charge in [-0.1, -0.05) is 87.6 Å². The number of thioether (sulfide) groups is 1. The number of hydrogen-bond donors (Lipinski definition) is 2. The number of ether oxygens (including phenoxy) is 1. The second-order valence-corrected chi connectivity index (χ2v) is 9.65. The Morgan fingerprint density at radius 2 is 1.61 bits per heavy atom. The van der Waals surface area contributed by atoms with Gasteiger partial charge in [-0.25, -0.2) is 4.79 Å². The zero-order valence-electron chi connectivity index (χ0n) is 19.6. The average Bonchev–Trinajstić information content (AvgIpc) is 2.72. The number of carbonyl (C=O) groups is 2. The van der Waals surface area contributed by atoms with Gasteiger partial charge in [-0.05, 0) is 26.3 Å². The fraction of sp³-hybridized carbons (Fsp3) is 0.440. The van der Waals surface area contributed by atoms with Gasteiger partial charge in [0.05, 0.1) is 6.04 Å². The number of amides is 1. The minimum atomic E-state index is -0.707. The van der Waals surface area contributed by atoms with Gasteiger partial charge in [-0.2, -0.15) is 11.8 Å². The van der Waals surface area contributed by atoms with Crippen molar-refractivity contribution < 1.29 is 14.3 Å². The molecule has 0 radical (unpaired) electrons. The molecule has 0 saturated carbocycles. The summed E-state index contributed by atoms with van der Waals surface area (Å²) in [6, 6.07) is 8.05. The maximum Gasteiger partial charge on any atom is 0.329 e. The standard InChI is InChI=1S/C17H26N2O3S.C8H12/c1-12(18)15(20)19-14(11-23-17(2,3)4)16(21)22-10-13-8-6-5-7-9-13;1-3-5-7-8-6-4-2/h5-9,12,14H,10-11,18H2,1-4H3,(H,19,20);3-8H,1-2H3/b;5-3-,6-4+,8-7-/t12?,14-;/m0./s1. The first-order chi connectivity index (χ1) is 14.6. The number of carbonyl (C=O) groups excluding carboxylic acids is 2. The zero-order chi connectivity index (χ0) is 23.7. The van der Waals surface area contributed by atoms with Crippen LogP contribution in [0.15, 0.2) is 66.8 Å². The average molecular weight is 447 g/mol. The van der Waals surface area contributed by atoms with Crippen molar-refractivity contribution in [2.24, 2.45) is 5.73 Å². The summed E-state index contributed by atoms with van der Waals surface area (Å²) in [4.78, 5) is 24.1. The van der Waals surface area contributed by atoms with E-state index in [0.29, 0.717) is 5.75 Å². The molecule has 1 amide bonds. The van der Waals surface area contributed by atoms with Crippen LogP contribution in [-0.2, 0) is 20.9 Å². The predicted octanol–water partition coefficient (Wildman–Crippen LogP) is 4.79. The molecule has 0 aliphatic heterocycles. The summed E-state index contributed by atoms with van der Waals surface area (Å²) in [6.07, 6.45) is 12.0. The van der Waals surface area contributed by atoms with E-state index in [-0.39, 0.29) is 17.3 Å². The third-order valence-corrected chi connectivity index (χ3v) is 5.01. The summed E-state index contributed by atoms with van der Waals surface area (Å²) in [5.41, 5.74) is 6.46. The van der Waals surface area contributed by atoms with Crippen LogP contribution in [0, 0.1) is 0 Å². The minimum Gasteiger partial charge on any atom is -0.459 e. The fourth-order valence-electron chi connectivity index (χ4n) is 1.98. The first-order valence-electron chi connectivity index (χ1n) is 10.4. The number of benzene rings is 1. The molecule has 0 saturated heterocycles. The third kappa shape index (κ3) is 16.1. The van der Waals surface area contributed by atoms with Gasteiger partial charge in [-0.15, -0.1) is 0 Å². The zero-order valence-corrected chi connectivity index (χ0v) is 20.4. The molecule has 0 aromatic heterocycles. The summed E-state index contributed by atoms with van der Waals surface area (Å²) in [7, 11) is 0. The lowest BCUT2D eigenvalue weighted by atomic mass is 10.2. The first kappa shape index (κ1) is 28.7. The molecule has 3 N–H and O–H groups in total. The Morgan fingerprint density at radius 1 is 1.06 bits per heavy atom. The van der Waals surface area contributed by atoms with Gasteiger partial charge in [0.25, 0.3) is 0 Å².